The van der Waals surface area contributed by atoms with Gasteiger partial charge in [-0.05, 0) is 17.7 Å². The fourth-order valence-electron chi connectivity index (χ4n) is 2.14. The van der Waals surface area contributed by atoms with E-state index in [0.29, 0.717) is 5.52 Å². The van der Waals surface area contributed by atoms with Gasteiger partial charge in [-0.25, -0.2) is 17.9 Å². The molecule has 0 spiro atoms. The Balaban J connectivity index is 1.90. The van der Waals surface area contributed by atoms with E-state index in [-0.39, 0.29) is 17.0 Å². The van der Waals surface area contributed by atoms with Gasteiger partial charge in [-0.15, -0.1) is 0 Å². The summed E-state index contributed by atoms with van der Waals surface area (Å²) in [5.74, 6) is -0.526. The van der Waals surface area contributed by atoms with Crippen LogP contribution >= 0.6 is 0 Å². The molecule has 0 fully saturated rings. The molecule has 1 N–H and O–H groups in total. The highest BCUT2D eigenvalue weighted by Gasteiger charge is 2.16. The van der Waals surface area contributed by atoms with Crippen molar-refractivity contribution < 1.29 is 12.8 Å². The number of aromatic nitrogens is 1. The molecule has 22 heavy (non-hydrogen) atoms. The zero-order chi connectivity index (χ0) is 15.7. The summed E-state index contributed by atoms with van der Waals surface area (Å²) in [5.41, 5.74) is 1.65. The summed E-state index contributed by atoms with van der Waals surface area (Å²) in [6, 6.07) is 13.6. The number of benzene rings is 2. The molecule has 0 aliphatic carbocycles. The average molecular weight is 318 g/mol. The van der Waals surface area contributed by atoms with Crippen molar-refractivity contribution in [1.82, 2.24) is 9.29 Å². The molecular formula is C15H14N2O4S. The van der Waals surface area contributed by atoms with Crippen LogP contribution in [0.2, 0.25) is 0 Å². The third-order valence-corrected chi connectivity index (χ3v) is 4.78. The van der Waals surface area contributed by atoms with Crippen LogP contribution in [0.5, 0.6) is 0 Å². The molecule has 0 radical (unpaired) electrons. The summed E-state index contributed by atoms with van der Waals surface area (Å²) in [6.45, 7) is 0.194. The van der Waals surface area contributed by atoms with Crippen LogP contribution in [0.4, 0.5) is 0 Å². The first kappa shape index (κ1) is 14.6. The van der Waals surface area contributed by atoms with Crippen LogP contribution in [-0.4, -0.2) is 13.0 Å². The molecule has 1 heterocycles. The highest BCUT2D eigenvalue weighted by Crippen LogP contribution is 2.18. The Morgan fingerprint density at radius 1 is 1.14 bits per heavy atom. The number of oxazole rings is 1. The molecule has 0 amide bonds. The largest absolute Gasteiger partial charge is 0.419 e. The van der Waals surface area contributed by atoms with E-state index in [0.717, 1.165) is 5.56 Å². The van der Waals surface area contributed by atoms with Crippen LogP contribution in [0.25, 0.3) is 11.1 Å². The minimum atomic E-state index is -3.67. The molecule has 6 nitrogen and oxygen atoms in total. The van der Waals surface area contributed by atoms with Gasteiger partial charge in [-0.3, -0.25) is 4.57 Å². The van der Waals surface area contributed by atoms with E-state index in [9.17, 15) is 13.2 Å². The Bertz CT molecular complexity index is 972. The molecule has 0 saturated carbocycles. The van der Waals surface area contributed by atoms with Crippen LogP contribution in [0, 0.1) is 0 Å². The predicted octanol–water partition coefficient (Wildman–Crippen LogP) is 1.61. The quantitative estimate of drug-likeness (QED) is 0.792. The SMILES string of the molecule is Cn1c(=O)oc2cc(S(=O)(=O)NCc3ccccc3)ccc21. The first-order valence-corrected chi connectivity index (χ1v) is 8.09. The maximum atomic E-state index is 12.3. The van der Waals surface area contributed by atoms with E-state index < -0.39 is 15.8 Å². The molecule has 3 aromatic rings. The maximum absolute atomic E-state index is 12.3. The van der Waals surface area contributed by atoms with E-state index in [1.165, 1.54) is 16.7 Å². The molecule has 2 aromatic carbocycles. The average Bonchev–Trinajstić information content (AvgIpc) is 2.81. The van der Waals surface area contributed by atoms with Crippen molar-refractivity contribution in [3.63, 3.8) is 0 Å². The standard InChI is InChI=1S/C15H14N2O4S/c1-17-13-8-7-12(9-14(13)21-15(17)18)22(19,20)16-10-11-5-3-2-4-6-11/h2-9,16H,10H2,1H3. The molecule has 7 heteroatoms. The van der Waals surface area contributed by atoms with Gasteiger partial charge in [0, 0.05) is 19.7 Å². The number of sulfonamides is 1. The Morgan fingerprint density at radius 3 is 2.59 bits per heavy atom. The highest BCUT2D eigenvalue weighted by atomic mass is 32.2. The van der Waals surface area contributed by atoms with Crippen molar-refractivity contribution in [3.8, 4) is 0 Å². The zero-order valence-electron chi connectivity index (χ0n) is 11.8. The lowest BCUT2D eigenvalue weighted by Gasteiger charge is -2.06. The van der Waals surface area contributed by atoms with Gasteiger partial charge in [0.1, 0.15) is 0 Å². The number of hydrogen-bond acceptors (Lipinski definition) is 4. The maximum Gasteiger partial charge on any atom is 0.419 e. The minimum absolute atomic E-state index is 0.0604. The number of hydrogen-bond donors (Lipinski definition) is 1. The van der Waals surface area contributed by atoms with Gasteiger partial charge in [0.25, 0.3) is 0 Å². The number of nitrogens with one attached hydrogen (secondary N) is 1. The molecule has 0 aliphatic heterocycles. The van der Waals surface area contributed by atoms with E-state index in [4.69, 9.17) is 4.42 Å². The van der Waals surface area contributed by atoms with Gasteiger partial charge < -0.3 is 4.42 Å². The molecule has 0 unspecified atom stereocenters. The van der Waals surface area contributed by atoms with Gasteiger partial charge >= 0.3 is 5.76 Å². The lowest BCUT2D eigenvalue weighted by Crippen LogP contribution is -2.23. The van der Waals surface area contributed by atoms with Crippen LogP contribution in [0.15, 0.2) is 62.6 Å². The fourth-order valence-corrected chi connectivity index (χ4v) is 3.17. The van der Waals surface area contributed by atoms with Crippen molar-refractivity contribution in [2.75, 3.05) is 0 Å². The summed E-state index contributed by atoms with van der Waals surface area (Å²) < 4.78 is 33.5. The molecule has 114 valence electrons. The Morgan fingerprint density at radius 2 is 1.86 bits per heavy atom. The number of rotatable bonds is 4. The molecule has 0 bridgehead atoms. The van der Waals surface area contributed by atoms with Crippen molar-refractivity contribution in [1.29, 1.82) is 0 Å². The second-order valence-corrected chi connectivity index (χ2v) is 6.63. The minimum Gasteiger partial charge on any atom is -0.408 e. The second-order valence-electron chi connectivity index (χ2n) is 4.87. The van der Waals surface area contributed by atoms with E-state index >= 15 is 0 Å². The topological polar surface area (TPSA) is 81.3 Å². The Labute approximate surface area is 127 Å². The van der Waals surface area contributed by atoms with E-state index in [1.54, 1.807) is 13.1 Å². The second kappa shape index (κ2) is 5.43. The zero-order valence-corrected chi connectivity index (χ0v) is 12.6. The summed E-state index contributed by atoms with van der Waals surface area (Å²) in [6.07, 6.45) is 0. The van der Waals surface area contributed by atoms with Gasteiger partial charge in [-0.2, -0.15) is 0 Å². The molecule has 1 aromatic heterocycles. The monoisotopic (exact) mass is 318 g/mol. The Hall–Kier alpha value is -2.38. The molecule has 0 saturated heterocycles. The summed E-state index contributed by atoms with van der Waals surface area (Å²) in [4.78, 5) is 11.5. The molecule has 0 aliphatic rings. The number of fused-ring (bicyclic) bond motifs is 1. The smallest absolute Gasteiger partial charge is 0.408 e. The van der Waals surface area contributed by atoms with Gasteiger partial charge in [0.05, 0.1) is 10.4 Å². The van der Waals surface area contributed by atoms with Crippen LogP contribution in [0.1, 0.15) is 5.56 Å². The molecule has 0 atom stereocenters. The number of aryl methyl sites for hydroxylation is 1. The van der Waals surface area contributed by atoms with Gasteiger partial charge in [-0.1, -0.05) is 30.3 Å². The Kier molecular flexibility index (Phi) is 3.59. The summed E-state index contributed by atoms with van der Waals surface area (Å²) in [7, 11) is -2.11. The van der Waals surface area contributed by atoms with Crippen molar-refractivity contribution in [3.05, 3.63) is 64.6 Å². The lowest BCUT2D eigenvalue weighted by molar-refractivity contribution is 0.527. The normalized spacial score (nSPS) is 11.9. The van der Waals surface area contributed by atoms with Crippen LogP contribution in [0.3, 0.4) is 0 Å². The van der Waals surface area contributed by atoms with Gasteiger partial charge in [0.2, 0.25) is 10.0 Å². The van der Waals surface area contributed by atoms with Crippen molar-refractivity contribution >= 4 is 21.1 Å². The fraction of sp³-hybridized carbons (Fsp3) is 0.133. The molecular weight excluding hydrogens is 304 g/mol. The first-order valence-electron chi connectivity index (χ1n) is 6.60. The van der Waals surface area contributed by atoms with Crippen LogP contribution < -0.4 is 10.5 Å². The van der Waals surface area contributed by atoms with Crippen LogP contribution in [-0.2, 0) is 23.6 Å². The summed E-state index contributed by atoms with van der Waals surface area (Å²) in [5, 5.41) is 0. The predicted molar refractivity (Wildman–Crippen MR) is 81.9 cm³/mol. The molecule has 3 rings (SSSR count). The number of nitrogens with zero attached hydrogens (tertiary/aromatic N) is 1. The first-order chi connectivity index (χ1) is 10.5. The highest BCUT2D eigenvalue weighted by molar-refractivity contribution is 7.89. The third-order valence-electron chi connectivity index (χ3n) is 3.38. The van der Waals surface area contributed by atoms with Gasteiger partial charge in [0.15, 0.2) is 5.58 Å². The van der Waals surface area contributed by atoms with E-state index in [2.05, 4.69) is 4.72 Å². The third kappa shape index (κ3) is 2.68. The summed E-state index contributed by atoms with van der Waals surface area (Å²) >= 11 is 0. The van der Waals surface area contributed by atoms with E-state index in [1.807, 2.05) is 30.3 Å². The van der Waals surface area contributed by atoms with Crippen molar-refractivity contribution in [2.24, 2.45) is 7.05 Å². The lowest BCUT2D eigenvalue weighted by atomic mass is 10.2. The van der Waals surface area contributed by atoms with Crippen molar-refractivity contribution in [2.45, 2.75) is 11.4 Å².